The highest BCUT2D eigenvalue weighted by molar-refractivity contribution is 7.47. The van der Waals surface area contributed by atoms with E-state index in [9.17, 15) is 39.2 Å². The average molecular weight is 910 g/mol. The van der Waals surface area contributed by atoms with Crippen molar-refractivity contribution in [2.24, 2.45) is 11.1 Å². The van der Waals surface area contributed by atoms with Gasteiger partial charge in [0.15, 0.2) is 35.9 Å². The summed E-state index contributed by atoms with van der Waals surface area (Å²) < 4.78 is 45.4. The maximum Gasteiger partial charge on any atom is 0.472 e. The number of hydrogen-bond acceptors (Lipinski definition) is 15. The van der Waals surface area contributed by atoms with E-state index < -0.39 is 80.9 Å². The quantitative estimate of drug-likeness (QED) is 0.0542. The van der Waals surface area contributed by atoms with Gasteiger partial charge in [-0.15, -0.1) is 0 Å². The molecule has 2 aromatic heterocycles. The maximum absolute atomic E-state index is 13.1. The third-order valence-corrected chi connectivity index (χ3v) is 11.0. The molecule has 58 heavy (non-hydrogen) atoms. The van der Waals surface area contributed by atoms with Crippen LogP contribution in [0.25, 0.3) is 11.3 Å². The van der Waals surface area contributed by atoms with Crippen LogP contribution in [-0.4, -0.2) is 87.0 Å². The lowest BCUT2D eigenvalue weighted by molar-refractivity contribution is -0.170. The van der Waals surface area contributed by atoms with Crippen LogP contribution in [0.15, 0.2) is 61.8 Å². The zero-order chi connectivity index (χ0) is 41.9. The van der Waals surface area contributed by atoms with Gasteiger partial charge < -0.3 is 49.0 Å². The average Bonchev–Trinajstić information content (AvgIpc) is 3.90. The van der Waals surface area contributed by atoms with E-state index in [0.717, 1.165) is 17.0 Å². The van der Waals surface area contributed by atoms with Crippen molar-refractivity contribution in [3.8, 4) is 22.8 Å². The van der Waals surface area contributed by atoms with E-state index in [0.29, 0.717) is 15.6 Å². The van der Waals surface area contributed by atoms with E-state index in [1.165, 1.54) is 31.4 Å². The largest absolute Gasteiger partial charge is 0.503 e. The summed E-state index contributed by atoms with van der Waals surface area (Å²) in [6, 6.07) is 8.97. The fourth-order valence-electron chi connectivity index (χ4n) is 5.84. The number of nitrogens with zero attached hydrogens (tertiary/aromatic N) is 2. The molecule has 4 aromatic rings. The number of rotatable bonds is 15. The van der Waals surface area contributed by atoms with Gasteiger partial charge in [-0.05, 0) is 30.3 Å². The zero-order valence-corrected chi connectivity index (χ0v) is 33.7. The summed E-state index contributed by atoms with van der Waals surface area (Å²) >= 11 is 24.7. The Hall–Kier alpha value is -3.95. The number of oxime groups is 1. The molecule has 0 radical (unpaired) electrons. The van der Waals surface area contributed by atoms with Crippen LogP contribution < -0.4 is 21.3 Å². The van der Waals surface area contributed by atoms with Gasteiger partial charge in [0, 0.05) is 47.2 Å². The number of carbonyl (C=O) groups is 1. The first kappa shape index (κ1) is 43.6. The van der Waals surface area contributed by atoms with Gasteiger partial charge in [0.1, 0.15) is 18.1 Å². The maximum atomic E-state index is 13.1. The molecule has 6 rings (SSSR count). The number of aromatic nitrogens is 2. The first-order valence-electron chi connectivity index (χ1n) is 16.9. The number of phosphoric ester groups is 1. The van der Waals surface area contributed by atoms with Gasteiger partial charge in [-0.25, -0.2) is 9.36 Å². The lowest BCUT2D eigenvalue weighted by Gasteiger charge is -2.20. The molecule has 0 bridgehead atoms. The topological polar surface area (TPSA) is 263 Å². The van der Waals surface area contributed by atoms with Gasteiger partial charge in [0.25, 0.3) is 11.5 Å². The van der Waals surface area contributed by atoms with E-state index in [1.54, 1.807) is 12.1 Å². The molecular weight excluding hydrogens is 877 g/mol. The molecule has 2 fully saturated rings. The van der Waals surface area contributed by atoms with E-state index in [1.807, 2.05) is 0 Å². The molecule has 24 heteroatoms. The second kappa shape index (κ2) is 18.5. The van der Waals surface area contributed by atoms with Crippen LogP contribution in [-0.2, 0) is 34.5 Å². The number of aliphatic hydroxyl groups excluding tert-OH is 2. The zero-order valence-electron chi connectivity index (χ0n) is 29.8. The Morgan fingerprint density at radius 2 is 1.83 bits per heavy atom. The predicted molar refractivity (Wildman–Crippen MR) is 205 cm³/mol. The number of carbonyl (C=O) groups excluding carboxylic acids is 1. The third kappa shape index (κ3) is 10.2. The fraction of sp³-hybridized carbons (Fsp3) is 0.353. The van der Waals surface area contributed by atoms with Crippen molar-refractivity contribution in [1.29, 1.82) is 0 Å². The van der Waals surface area contributed by atoms with Crippen molar-refractivity contribution < 1.29 is 62.1 Å². The van der Waals surface area contributed by atoms with E-state index in [2.05, 4.69) is 15.5 Å². The molecule has 7 atom stereocenters. The summed E-state index contributed by atoms with van der Waals surface area (Å²) in [4.78, 5) is 57.1. The molecule has 2 aliphatic rings. The van der Waals surface area contributed by atoms with Crippen molar-refractivity contribution in [1.82, 2.24) is 14.9 Å². The highest BCUT2D eigenvalue weighted by atomic mass is 35.5. The molecule has 6 N–H and O–H groups in total. The van der Waals surface area contributed by atoms with Crippen molar-refractivity contribution in [3.05, 3.63) is 100 Å². The monoisotopic (exact) mass is 908 g/mol. The Kier molecular flexibility index (Phi) is 13.9. The molecule has 2 aromatic carbocycles. The van der Waals surface area contributed by atoms with Crippen LogP contribution in [0.2, 0.25) is 20.1 Å². The lowest BCUT2D eigenvalue weighted by Crippen LogP contribution is -2.36. The summed E-state index contributed by atoms with van der Waals surface area (Å²) in [6.45, 7) is -1.55. The first-order chi connectivity index (χ1) is 27.5. The van der Waals surface area contributed by atoms with E-state index >= 15 is 0 Å². The van der Waals surface area contributed by atoms with E-state index in [-0.39, 0.29) is 57.8 Å². The highest BCUT2D eigenvalue weighted by Crippen LogP contribution is 2.46. The standard InChI is InChI=1S/C34H33Cl4N4O15P/c1-51-25-8-21(37)19(29(38)30(25)44)11-40-57-24-9-27(55-26(24)14-53-58(49,50)52-13-15-6-28(43)56-33(15)47)42-12-16(31(45)41-34(42)48)10-39-32(46)23-5-4-22(54-23)18-3-2-17(35)7-20(18)36/h2-5,7-8,11-12,15,24,26-28,33,43-44,47H,6,9-10,13-14H2,1H3,(H,39,46)(H,49,50)(H,41,45,48)/b40-11+/t15?,24?,26?,27?,28-,33?/m1/s1. The number of methoxy groups -OCH3 is 1. The Bertz CT molecular complexity index is 2360. The van der Waals surface area contributed by atoms with Gasteiger partial charge in [-0.2, -0.15) is 0 Å². The normalized spacial score (nSPS) is 23.0. The number of ether oxygens (including phenoxy) is 3. The minimum absolute atomic E-state index is 0.000913. The fourth-order valence-corrected chi connectivity index (χ4v) is 7.67. The number of hydrogen-bond donors (Lipinski definition) is 6. The van der Waals surface area contributed by atoms with Crippen molar-refractivity contribution in [2.45, 2.75) is 50.4 Å². The number of amides is 1. The number of halogens is 4. The minimum atomic E-state index is -4.82. The molecule has 0 spiro atoms. The van der Waals surface area contributed by atoms with Crippen molar-refractivity contribution in [3.63, 3.8) is 0 Å². The van der Waals surface area contributed by atoms with Gasteiger partial charge in [0.2, 0.25) is 0 Å². The number of phenolic OH excluding ortho intramolecular Hbond substituents is 1. The summed E-state index contributed by atoms with van der Waals surface area (Å²) in [5, 5.41) is 36.7. The Morgan fingerprint density at radius 1 is 1.07 bits per heavy atom. The molecule has 0 aliphatic carbocycles. The molecule has 6 unspecified atom stereocenters. The number of nitrogens with one attached hydrogen (secondary N) is 2. The summed E-state index contributed by atoms with van der Waals surface area (Å²) in [5.74, 6) is -1.76. The molecule has 2 aliphatic heterocycles. The SMILES string of the molecule is COc1cc(Cl)c(/C=N/OC2CC(n3cc(CNC(=O)c4ccc(-c5ccc(Cl)cc5Cl)o4)c(=O)[nH]c3=O)OC2COP(=O)(O)OCC2C[C@H](O)OC2O)c(Cl)c1O. The number of H-pyrrole nitrogens is 1. The third-order valence-electron chi connectivity index (χ3n) is 8.85. The number of benzene rings is 2. The summed E-state index contributed by atoms with van der Waals surface area (Å²) in [6.07, 6.45) is -4.26. The molecule has 4 heterocycles. The second-order valence-corrected chi connectivity index (χ2v) is 15.8. The molecule has 1 amide bonds. The molecule has 2 saturated heterocycles. The Labute approximate surface area is 347 Å². The van der Waals surface area contributed by atoms with Crippen LogP contribution in [0.4, 0.5) is 0 Å². The lowest BCUT2D eigenvalue weighted by atomic mass is 10.1. The van der Waals surface area contributed by atoms with E-state index in [4.69, 9.17) is 78.9 Å². The number of aliphatic hydroxyl groups is 2. The molecule has 0 saturated carbocycles. The van der Waals surface area contributed by atoms with Crippen LogP contribution >= 0.6 is 54.2 Å². The number of phosphoric acid groups is 1. The smallest absolute Gasteiger partial charge is 0.472 e. The Morgan fingerprint density at radius 3 is 2.53 bits per heavy atom. The van der Waals surface area contributed by atoms with Crippen LogP contribution in [0.1, 0.15) is 40.8 Å². The van der Waals surface area contributed by atoms with Crippen molar-refractivity contribution >= 4 is 66.3 Å². The van der Waals surface area contributed by atoms with Crippen LogP contribution in [0.3, 0.4) is 0 Å². The highest BCUT2D eigenvalue weighted by Gasteiger charge is 2.41. The van der Waals surface area contributed by atoms with Gasteiger partial charge in [-0.1, -0.05) is 51.6 Å². The number of aromatic amines is 1. The van der Waals surface area contributed by atoms with Gasteiger partial charge >= 0.3 is 13.5 Å². The van der Waals surface area contributed by atoms with Crippen molar-refractivity contribution in [2.75, 3.05) is 20.3 Å². The number of furan rings is 1. The first-order valence-corrected chi connectivity index (χ1v) is 19.9. The number of phenols is 1. The van der Waals surface area contributed by atoms with Gasteiger partial charge in [0.05, 0.1) is 53.7 Å². The predicted octanol–water partition coefficient (Wildman–Crippen LogP) is 4.57. The van der Waals surface area contributed by atoms with Gasteiger partial charge in [-0.3, -0.25) is 28.2 Å². The molecule has 19 nitrogen and oxygen atoms in total. The second-order valence-electron chi connectivity index (χ2n) is 12.7. The van der Waals surface area contributed by atoms with Crippen LogP contribution in [0, 0.1) is 5.92 Å². The Balaban J connectivity index is 1.17. The summed E-state index contributed by atoms with van der Waals surface area (Å²) in [5.41, 5.74) is -1.26. The summed E-state index contributed by atoms with van der Waals surface area (Å²) in [7, 11) is -3.52. The van der Waals surface area contributed by atoms with Crippen LogP contribution in [0.5, 0.6) is 11.5 Å². The minimum Gasteiger partial charge on any atom is -0.503 e. The molecular formula is C34H33Cl4N4O15P. The molecule has 312 valence electrons. The number of aromatic hydroxyl groups is 1.